The molecule has 174 valence electrons. The van der Waals surface area contributed by atoms with Crippen LogP contribution in [-0.4, -0.2) is 54.9 Å². The molecule has 7 nitrogen and oxygen atoms in total. The monoisotopic (exact) mass is 483 g/mol. The molecule has 4 rings (SSSR count). The van der Waals surface area contributed by atoms with E-state index in [1.165, 1.54) is 29.2 Å². The highest BCUT2D eigenvalue weighted by Gasteiger charge is 2.34. The van der Waals surface area contributed by atoms with E-state index in [1.54, 1.807) is 6.07 Å². The van der Waals surface area contributed by atoms with Crippen LogP contribution in [0.25, 0.3) is 11.3 Å². The summed E-state index contributed by atoms with van der Waals surface area (Å²) in [6.45, 7) is 0.0172. The highest BCUT2D eigenvalue weighted by Crippen LogP contribution is 2.30. The molecule has 1 aliphatic rings. The third-order valence-electron chi connectivity index (χ3n) is 5.19. The summed E-state index contributed by atoms with van der Waals surface area (Å²) in [7, 11) is -4.02. The Labute approximate surface area is 186 Å². The van der Waals surface area contributed by atoms with Gasteiger partial charge in [-0.05, 0) is 36.4 Å². The van der Waals surface area contributed by atoms with Crippen LogP contribution in [0.5, 0.6) is 0 Å². The largest absolute Gasteiger partial charge is 0.416 e. The zero-order valence-corrected chi connectivity index (χ0v) is 17.7. The number of piperazine rings is 1. The van der Waals surface area contributed by atoms with E-state index in [9.17, 15) is 30.8 Å². The van der Waals surface area contributed by atoms with Crippen LogP contribution in [0.3, 0.4) is 0 Å². The number of carbonyl (C=O) groups is 1. The van der Waals surface area contributed by atoms with Gasteiger partial charge in [0.25, 0.3) is 5.91 Å². The standard InChI is InChI=1S/C21H17F4N3O4S/c22-16-3-1-2-14(12-16)18-13-19(32-26-18)20(29)27-8-10-28(11-9-27)33(30,31)17-6-4-15(5-7-17)21(23,24)25/h1-7,12-13H,8-11H2. The first-order chi connectivity index (χ1) is 15.6. The van der Waals surface area contributed by atoms with Gasteiger partial charge in [0, 0.05) is 37.8 Å². The minimum atomic E-state index is -4.57. The summed E-state index contributed by atoms with van der Waals surface area (Å²) >= 11 is 0. The predicted octanol–water partition coefficient (Wildman–Crippen LogP) is 3.65. The maximum absolute atomic E-state index is 13.4. The highest BCUT2D eigenvalue weighted by atomic mass is 32.2. The van der Waals surface area contributed by atoms with Crippen LogP contribution in [-0.2, 0) is 16.2 Å². The molecule has 0 radical (unpaired) electrons. The molecular formula is C21H17F4N3O4S. The molecule has 0 N–H and O–H groups in total. The Kier molecular flexibility index (Phi) is 5.97. The van der Waals surface area contributed by atoms with Crippen molar-refractivity contribution >= 4 is 15.9 Å². The fourth-order valence-electron chi connectivity index (χ4n) is 3.41. The van der Waals surface area contributed by atoms with E-state index in [2.05, 4.69) is 5.16 Å². The van der Waals surface area contributed by atoms with Crippen molar-refractivity contribution in [1.29, 1.82) is 0 Å². The van der Waals surface area contributed by atoms with Crippen molar-refractivity contribution in [2.75, 3.05) is 26.2 Å². The molecule has 12 heteroatoms. The quantitative estimate of drug-likeness (QED) is 0.529. The smallest absolute Gasteiger partial charge is 0.350 e. The Morgan fingerprint density at radius 1 is 0.970 bits per heavy atom. The normalized spacial score (nSPS) is 15.6. The van der Waals surface area contributed by atoms with Crippen molar-refractivity contribution in [1.82, 2.24) is 14.4 Å². The number of halogens is 4. The van der Waals surface area contributed by atoms with Crippen molar-refractivity contribution in [3.8, 4) is 11.3 Å². The van der Waals surface area contributed by atoms with E-state index in [4.69, 9.17) is 4.52 Å². The van der Waals surface area contributed by atoms with Gasteiger partial charge < -0.3 is 9.42 Å². The number of hydrogen-bond acceptors (Lipinski definition) is 5. The minimum absolute atomic E-state index is 0.0417. The molecule has 33 heavy (non-hydrogen) atoms. The maximum atomic E-state index is 13.4. The first-order valence-corrected chi connectivity index (χ1v) is 11.2. The van der Waals surface area contributed by atoms with Crippen molar-refractivity contribution in [3.63, 3.8) is 0 Å². The Bertz CT molecular complexity index is 1270. The molecule has 0 atom stereocenters. The van der Waals surface area contributed by atoms with E-state index in [0.29, 0.717) is 17.7 Å². The molecule has 0 aliphatic carbocycles. The Hall–Kier alpha value is -3.25. The van der Waals surface area contributed by atoms with Crippen molar-refractivity contribution < 1.29 is 35.3 Å². The van der Waals surface area contributed by atoms with Gasteiger partial charge >= 0.3 is 6.18 Å². The second-order valence-electron chi connectivity index (χ2n) is 7.31. The van der Waals surface area contributed by atoms with E-state index < -0.39 is 33.5 Å². The van der Waals surface area contributed by atoms with Gasteiger partial charge in [0.15, 0.2) is 0 Å². The highest BCUT2D eigenvalue weighted by molar-refractivity contribution is 7.89. The molecule has 1 amide bonds. The number of hydrogen-bond donors (Lipinski definition) is 0. The molecule has 1 aliphatic heterocycles. The van der Waals surface area contributed by atoms with E-state index >= 15 is 0 Å². The third kappa shape index (κ3) is 4.76. The summed E-state index contributed by atoms with van der Waals surface area (Å²) in [5, 5.41) is 3.79. The second kappa shape index (κ2) is 8.60. The van der Waals surface area contributed by atoms with Crippen molar-refractivity contribution in [2.24, 2.45) is 0 Å². The molecule has 0 saturated carbocycles. The lowest BCUT2D eigenvalue weighted by molar-refractivity contribution is -0.137. The van der Waals surface area contributed by atoms with Gasteiger partial charge in [-0.3, -0.25) is 4.79 Å². The Balaban J connectivity index is 1.42. The summed E-state index contributed by atoms with van der Waals surface area (Å²) in [6, 6.07) is 10.3. The average Bonchev–Trinajstić information content (AvgIpc) is 3.29. The summed E-state index contributed by atoms with van der Waals surface area (Å²) in [6.07, 6.45) is -4.57. The Morgan fingerprint density at radius 3 is 2.24 bits per heavy atom. The SMILES string of the molecule is O=C(c1cc(-c2cccc(F)c2)no1)N1CCN(S(=O)(=O)c2ccc(C(F)(F)F)cc2)CC1. The van der Waals surface area contributed by atoms with Gasteiger partial charge in [-0.2, -0.15) is 17.5 Å². The molecular weight excluding hydrogens is 466 g/mol. The lowest BCUT2D eigenvalue weighted by Crippen LogP contribution is -2.50. The van der Waals surface area contributed by atoms with Crippen molar-refractivity contribution in [3.05, 3.63) is 71.7 Å². The van der Waals surface area contributed by atoms with Gasteiger partial charge in [0.05, 0.1) is 10.5 Å². The van der Waals surface area contributed by atoms with E-state index in [0.717, 1.165) is 16.4 Å². The number of rotatable bonds is 4. The topological polar surface area (TPSA) is 83.7 Å². The van der Waals surface area contributed by atoms with Crippen LogP contribution < -0.4 is 0 Å². The van der Waals surface area contributed by atoms with Crippen LogP contribution in [0, 0.1) is 5.82 Å². The van der Waals surface area contributed by atoms with Gasteiger partial charge in [-0.25, -0.2) is 12.8 Å². The molecule has 1 saturated heterocycles. The van der Waals surface area contributed by atoms with Crippen LogP contribution in [0.15, 0.2) is 64.0 Å². The molecule has 0 unspecified atom stereocenters. The second-order valence-corrected chi connectivity index (χ2v) is 9.24. The summed E-state index contributed by atoms with van der Waals surface area (Å²) in [5.74, 6) is -1.04. The van der Waals surface area contributed by atoms with Crippen LogP contribution >= 0.6 is 0 Å². The van der Waals surface area contributed by atoms with Crippen molar-refractivity contribution in [2.45, 2.75) is 11.1 Å². The van der Waals surface area contributed by atoms with Gasteiger partial charge in [0.1, 0.15) is 11.5 Å². The summed E-state index contributed by atoms with van der Waals surface area (Å²) in [4.78, 5) is 13.8. The maximum Gasteiger partial charge on any atom is 0.416 e. The van der Waals surface area contributed by atoms with Gasteiger partial charge in [0.2, 0.25) is 15.8 Å². The molecule has 1 fully saturated rings. The van der Waals surface area contributed by atoms with Crippen LogP contribution in [0.1, 0.15) is 16.1 Å². The van der Waals surface area contributed by atoms with Crippen LogP contribution in [0.2, 0.25) is 0 Å². The molecule has 2 heterocycles. The number of aromatic nitrogens is 1. The molecule has 2 aromatic carbocycles. The first kappa shape index (κ1) is 22.9. The van der Waals surface area contributed by atoms with E-state index in [1.807, 2.05) is 0 Å². The minimum Gasteiger partial charge on any atom is -0.350 e. The molecule has 0 spiro atoms. The number of amides is 1. The number of benzene rings is 2. The Morgan fingerprint density at radius 2 is 1.64 bits per heavy atom. The lowest BCUT2D eigenvalue weighted by Gasteiger charge is -2.33. The fraction of sp³-hybridized carbons (Fsp3) is 0.238. The predicted molar refractivity (Wildman–Crippen MR) is 108 cm³/mol. The number of sulfonamides is 1. The lowest BCUT2D eigenvalue weighted by atomic mass is 10.1. The first-order valence-electron chi connectivity index (χ1n) is 9.75. The van der Waals surface area contributed by atoms with Crippen LogP contribution in [0.4, 0.5) is 17.6 Å². The molecule has 1 aromatic heterocycles. The number of nitrogens with zero attached hydrogens (tertiary/aromatic N) is 3. The number of carbonyl (C=O) groups excluding carboxylic acids is 1. The third-order valence-corrected chi connectivity index (χ3v) is 7.10. The fourth-order valence-corrected chi connectivity index (χ4v) is 4.83. The zero-order valence-electron chi connectivity index (χ0n) is 16.9. The van der Waals surface area contributed by atoms with Gasteiger partial charge in [-0.1, -0.05) is 17.3 Å². The summed E-state index contributed by atoms with van der Waals surface area (Å²) < 4.78 is 83.3. The zero-order chi connectivity index (χ0) is 23.8. The summed E-state index contributed by atoms with van der Waals surface area (Å²) in [5.41, 5.74) is -0.229. The molecule has 0 bridgehead atoms. The van der Waals surface area contributed by atoms with Gasteiger partial charge in [-0.15, -0.1) is 0 Å². The van der Waals surface area contributed by atoms with E-state index in [-0.39, 0.29) is 42.5 Å². The average molecular weight is 483 g/mol. The molecule has 3 aromatic rings. The number of alkyl halides is 3.